The molecule has 0 aliphatic carbocycles. The van der Waals surface area contributed by atoms with Gasteiger partial charge >= 0.3 is 5.97 Å². The molecule has 0 aliphatic rings. The lowest BCUT2D eigenvalue weighted by Crippen LogP contribution is -2.08. The number of rotatable bonds is 3. The van der Waals surface area contributed by atoms with E-state index in [-0.39, 0.29) is 11.6 Å². The maximum atomic E-state index is 11.0. The molecule has 0 amide bonds. The lowest BCUT2D eigenvalue weighted by atomic mass is 10.1. The van der Waals surface area contributed by atoms with E-state index in [9.17, 15) is 4.79 Å². The summed E-state index contributed by atoms with van der Waals surface area (Å²) in [6.45, 7) is 3.76. The van der Waals surface area contributed by atoms with Gasteiger partial charge in [0.15, 0.2) is 5.69 Å². The lowest BCUT2D eigenvalue weighted by molar-refractivity contribution is 0.0688. The Morgan fingerprint density at radius 2 is 2.00 bits per heavy atom. The summed E-state index contributed by atoms with van der Waals surface area (Å²) in [6, 6.07) is 0. The topological polar surface area (TPSA) is 93.8 Å². The molecule has 2 aromatic heterocycles. The summed E-state index contributed by atoms with van der Waals surface area (Å²) >= 11 is 0. The SMILES string of the molecule is CC(C)c1c(C(=O)O)nnn1-c1cncnc1. The van der Waals surface area contributed by atoms with E-state index in [1.54, 1.807) is 12.4 Å². The van der Waals surface area contributed by atoms with E-state index in [2.05, 4.69) is 20.3 Å². The molecule has 1 N–H and O–H groups in total. The van der Waals surface area contributed by atoms with E-state index >= 15 is 0 Å². The molecule has 88 valence electrons. The molecule has 0 aromatic carbocycles. The Hall–Kier alpha value is -2.31. The zero-order chi connectivity index (χ0) is 12.4. The van der Waals surface area contributed by atoms with Gasteiger partial charge in [-0.05, 0) is 5.92 Å². The Kier molecular flexibility index (Phi) is 2.82. The van der Waals surface area contributed by atoms with Crippen molar-refractivity contribution in [3.8, 4) is 5.69 Å². The van der Waals surface area contributed by atoms with Gasteiger partial charge in [-0.15, -0.1) is 5.10 Å². The maximum Gasteiger partial charge on any atom is 0.358 e. The number of carboxylic acids is 1. The highest BCUT2D eigenvalue weighted by Crippen LogP contribution is 2.20. The lowest BCUT2D eigenvalue weighted by Gasteiger charge is -2.08. The molecule has 17 heavy (non-hydrogen) atoms. The Morgan fingerprint density at radius 1 is 1.35 bits per heavy atom. The summed E-state index contributed by atoms with van der Waals surface area (Å²) < 4.78 is 1.45. The zero-order valence-corrected chi connectivity index (χ0v) is 9.40. The average molecular weight is 233 g/mol. The molecule has 0 saturated carbocycles. The van der Waals surface area contributed by atoms with Crippen LogP contribution in [0.15, 0.2) is 18.7 Å². The fourth-order valence-corrected chi connectivity index (χ4v) is 1.55. The normalized spacial score (nSPS) is 10.8. The smallest absolute Gasteiger partial charge is 0.358 e. The van der Waals surface area contributed by atoms with Crippen molar-refractivity contribution < 1.29 is 9.90 Å². The molecule has 0 bridgehead atoms. The van der Waals surface area contributed by atoms with Crippen LogP contribution in [0.1, 0.15) is 35.9 Å². The van der Waals surface area contributed by atoms with Crippen molar-refractivity contribution in [1.29, 1.82) is 0 Å². The van der Waals surface area contributed by atoms with Crippen LogP contribution in [0.5, 0.6) is 0 Å². The van der Waals surface area contributed by atoms with Gasteiger partial charge in [0.1, 0.15) is 12.0 Å². The quantitative estimate of drug-likeness (QED) is 0.845. The van der Waals surface area contributed by atoms with E-state index in [4.69, 9.17) is 5.11 Å². The highest BCUT2D eigenvalue weighted by atomic mass is 16.4. The molecule has 0 aliphatic heterocycles. The standard InChI is InChI=1S/C10H11N5O2/c1-6(2)9-8(10(16)17)13-14-15(9)7-3-11-5-12-4-7/h3-6H,1-2H3,(H,16,17). The fourth-order valence-electron chi connectivity index (χ4n) is 1.55. The summed E-state index contributed by atoms with van der Waals surface area (Å²) in [5, 5.41) is 16.5. The van der Waals surface area contributed by atoms with Gasteiger partial charge in [-0.3, -0.25) is 0 Å². The number of aromatic carboxylic acids is 1. The monoisotopic (exact) mass is 233 g/mol. The number of nitrogens with zero attached hydrogens (tertiary/aromatic N) is 5. The highest BCUT2D eigenvalue weighted by Gasteiger charge is 2.22. The number of hydrogen-bond donors (Lipinski definition) is 1. The summed E-state index contributed by atoms with van der Waals surface area (Å²) in [5.74, 6) is -1.10. The van der Waals surface area contributed by atoms with Crippen molar-refractivity contribution in [3.63, 3.8) is 0 Å². The van der Waals surface area contributed by atoms with E-state index in [1.165, 1.54) is 11.0 Å². The fraction of sp³-hybridized carbons (Fsp3) is 0.300. The second kappa shape index (κ2) is 4.28. The summed E-state index contributed by atoms with van der Waals surface area (Å²) in [7, 11) is 0. The van der Waals surface area contributed by atoms with E-state index in [0.29, 0.717) is 11.4 Å². The average Bonchev–Trinajstić information content (AvgIpc) is 2.74. The first-order valence-corrected chi connectivity index (χ1v) is 5.05. The second-order valence-electron chi connectivity index (χ2n) is 3.79. The first-order valence-electron chi connectivity index (χ1n) is 5.05. The molecule has 7 nitrogen and oxygen atoms in total. The molecule has 7 heteroatoms. The molecule has 0 fully saturated rings. The van der Waals surface area contributed by atoms with Gasteiger partial charge in [-0.2, -0.15) is 0 Å². The van der Waals surface area contributed by atoms with E-state index in [1.807, 2.05) is 13.8 Å². The summed E-state index contributed by atoms with van der Waals surface area (Å²) in [4.78, 5) is 18.8. The molecule has 0 unspecified atom stereocenters. The van der Waals surface area contributed by atoms with Gasteiger partial charge < -0.3 is 5.11 Å². The van der Waals surface area contributed by atoms with Crippen LogP contribution in [0.2, 0.25) is 0 Å². The van der Waals surface area contributed by atoms with Crippen molar-refractivity contribution in [2.75, 3.05) is 0 Å². The number of carbonyl (C=O) groups is 1. The van der Waals surface area contributed by atoms with Crippen LogP contribution < -0.4 is 0 Å². The molecule has 2 heterocycles. The third-order valence-electron chi connectivity index (χ3n) is 2.25. The minimum Gasteiger partial charge on any atom is -0.476 e. The third kappa shape index (κ3) is 1.99. The maximum absolute atomic E-state index is 11.0. The van der Waals surface area contributed by atoms with Crippen molar-refractivity contribution in [2.45, 2.75) is 19.8 Å². The van der Waals surface area contributed by atoms with Crippen molar-refractivity contribution >= 4 is 5.97 Å². The molecule has 0 spiro atoms. The van der Waals surface area contributed by atoms with Crippen LogP contribution in [0.25, 0.3) is 5.69 Å². The Labute approximate surface area is 97.1 Å². The van der Waals surface area contributed by atoms with Crippen LogP contribution in [-0.2, 0) is 0 Å². The third-order valence-corrected chi connectivity index (χ3v) is 2.25. The molecule has 2 rings (SSSR count). The first kappa shape index (κ1) is 11.2. The molecular formula is C10H11N5O2. The largest absolute Gasteiger partial charge is 0.476 e. The molecule has 0 saturated heterocycles. The van der Waals surface area contributed by atoms with Crippen LogP contribution in [-0.4, -0.2) is 36.0 Å². The summed E-state index contributed by atoms with van der Waals surface area (Å²) in [5.41, 5.74) is 1.09. The minimum atomic E-state index is -1.09. The van der Waals surface area contributed by atoms with Crippen LogP contribution in [0, 0.1) is 0 Å². The van der Waals surface area contributed by atoms with Gasteiger partial charge in [-0.1, -0.05) is 19.1 Å². The Morgan fingerprint density at radius 3 is 2.53 bits per heavy atom. The predicted octanol–water partition coefficient (Wildman–Crippen LogP) is 0.879. The van der Waals surface area contributed by atoms with Crippen LogP contribution in [0.4, 0.5) is 0 Å². The number of hydrogen-bond acceptors (Lipinski definition) is 5. The van der Waals surface area contributed by atoms with Crippen LogP contribution >= 0.6 is 0 Å². The molecule has 2 aromatic rings. The van der Waals surface area contributed by atoms with Gasteiger partial charge in [-0.25, -0.2) is 19.4 Å². The van der Waals surface area contributed by atoms with E-state index in [0.717, 1.165) is 0 Å². The van der Waals surface area contributed by atoms with Crippen molar-refractivity contribution in [2.24, 2.45) is 0 Å². The molecular weight excluding hydrogens is 222 g/mol. The molecule has 0 radical (unpaired) electrons. The van der Waals surface area contributed by atoms with Gasteiger partial charge in [0, 0.05) is 0 Å². The summed E-state index contributed by atoms with van der Waals surface area (Å²) in [6.07, 6.45) is 4.51. The number of aromatic nitrogens is 5. The minimum absolute atomic E-state index is 0.0173. The number of carboxylic acid groups (broad SMARTS) is 1. The van der Waals surface area contributed by atoms with Gasteiger partial charge in [0.05, 0.1) is 18.1 Å². The second-order valence-corrected chi connectivity index (χ2v) is 3.79. The highest BCUT2D eigenvalue weighted by molar-refractivity contribution is 5.86. The van der Waals surface area contributed by atoms with Gasteiger partial charge in [0.2, 0.25) is 0 Å². The van der Waals surface area contributed by atoms with Gasteiger partial charge in [0.25, 0.3) is 0 Å². The zero-order valence-electron chi connectivity index (χ0n) is 9.40. The van der Waals surface area contributed by atoms with Crippen LogP contribution in [0.3, 0.4) is 0 Å². The first-order chi connectivity index (χ1) is 8.11. The Balaban J connectivity index is 2.60. The molecule has 0 atom stereocenters. The van der Waals surface area contributed by atoms with Crippen molar-refractivity contribution in [3.05, 3.63) is 30.1 Å². The van der Waals surface area contributed by atoms with Crippen molar-refractivity contribution in [1.82, 2.24) is 25.0 Å². The predicted molar refractivity (Wildman–Crippen MR) is 58.0 cm³/mol. The Bertz CT molecular complexity index is 535. The van der Waals surface area contributed by atoms with E-state index < -0.39 is 5.97 Å².